The fourth-order valence-electron chi connectivity index (χ4n) is 2.24. The second kappa shape index (κ2) is 4.52. The summed E-state index contributed by atoms with van der Waals surface area (Å²) in [5.74, 6) is 0.781. The van der Waals surface area contributed by atoms with E-state index in [1.54, 1.807) is 43.0 Å². The van der Waals surface area contributed by atoms with Crippen molar-refractivity contribution in [1.82, 2.24) is 9.55 Å². The number of phenols is 1. The molecule has 0 aliphatic rings. The van der Waals surface area contributed by atoms with E-state index in [1.807, 2.05) is 0 Å². The van der Waals surface area contributed by atoms with E-state index in [0.29, 0.717) is 22.7 Å². The van der Waals surface area contributed by atoms with Crippen molar-refractivity contribution in [2.45, 2.75) is 0 Å². The molecule has 4 nitrogen and oxygen atoms in total. The molecule has 5 heteroatoms. The number of nitrogens with zero attached hydrogens (tertiary/aromatic N) is 2. The summed E-state index contributed by atoms with van der Waals surface area (Å²) in [5.41, 5.74) is 1.46. The van der Waals surface area contributed by atoms with Gasteiger partial charge in [-0.25, -0.2) is 9.37 Å². The van der Waals surface area contributed by atoms with Crippen molar-refractivity contribution in [2.75, 3.05) is 7.11 Å². The van der Waals surface area contributed by atoms with E-state index >= 15 is 0 Å². The Kier molecular flexibility index (Phi) is 2.82. The van der Waals surface area contributed by atoms with Gasteiger partial charge in [0.1, 0.15) is 22.8 Å². The van der Waals surface area contributed by atoms with Gasteiger partial charge in [0.05, 0.1) is 18.2 Å². The van der Waals surface area contributed by atoms with Gasteiger partial charge >= 0.3 is 0 Å². The lowest BCUT2D eigenvalue weighted by Gasteiger charge is -2.07. The standard InChI is InChI=1S/C15H13FN2O2/c1-18-12-5-3-4-11(16)14(12)17-15(18)10-8-9(20-2)6-7-13(10)19/h3-8,19H,1-2H3. The molecule has 0 atom stereocenters. The fourth-order valence-corrected chi connectivity index (χ4v) is 2.24. The first-order chi connectivity index (χ1) is 9.61. The highest BCUT2D eigenvalue weighted by atomic mass is 19.1. The monoisotopic (exact) mass is 272 g/mol. The number of rotatable bonds is 2. The van der Waals surface area contributed by atoms with Crippen LogP contribution in [0.4, 0.5) is 4.39 Å². The van der Waals surface area contributed by atoms with Crippen molar-refractivity contribution >= 4 is 11.0 Å². The highest BCUT2D eigenvalue weighted by Crippen LogP contribution is 2.33. The minimum absolute atomic E-state index is 0.0737. The number of ether oxygens (including phenoxy) is 1. The maximum atomic E-state index is 13.8. The summed E-state index contributed by atoms with van der Waals surface area (Å²) in [4.78, 5) is 4.29. The molecule has 0 saturated carbocycles. The molecule has 0 unspecified atom stereocenters. The van der Waals surface area contributed by atoms with E-state index in [2.05, 4.69) is 4.98 Å². The molecule has 0 aliphatic carbocycles. The Morgan fingerprint density at radius 3 is 2.75 bits per heavy atom. The summed E-state index contributed by atoms with van der Waals surface area (Å²) in [6.45, 7) is 0. The van der Waals surface area contributed by atoms with Gasteiger partial charge in [0.15, 0.2) is 5.82 Å². The summed E-state index contributed by atoms with van der Waals surface area (Å²) in [6.07, 6.45) is 0. The smallest absolute Gasteiger partial charge is 0.151 e. The molecule has 0 saturated heterocycles. The Hall–Kier alpha value is -2.56. The van der Waals surface area contributed by atoms with Crippen molar-refractivity contribution in [2.24, 2.45) is 7.05 Å². The van der Waals surface area contributed by atoms with E-state index in [9.17, 15) is 9.50 Å². The minimum atomic E-state index is -0.383. The summed E-state index contributed by atoms with van der Waals surface area (Å²) in [7, 11) is 3.33. The Morgan fingerprint density at radius 2 is 2.05 bits per heavy atom. The van der Waals surface area contributed by atoms with Gasteiger partial charge in [0, 0.05) is 7.05 Å². The first-order valence-electron chi connectivity index (χ1n) is 6.10. The molecule has 0 aliphatic heterocycles. The zero-order chi connectivity index (χ0) is 14.3. The molecule has 0 amide bonds. The number of methoxy groups -OCH3 is 1. The van der Waals surface area contributed by atoms with E-state index in [4.69, 9.17) is 4.74 Å². The number of hydrogen-bond donors (Lipinski definition) is 1. The van der Waals surface area contributed by atoms with Gasteiger partial charge in [-0.15, -0.1) is 0 Å². The Labute approximate surface area is 115 Å². The van der Waals surface area contributed by atoms with Crippen molar-refractivity contribution in [3.63, 3.8) is 0 Å². The molecule has 1 N–H and O–H groups in total. The van der Waals surface area contributed by atoms with Crippen LogP contribution in [0.5, 0.6) is 11.5 Å². The van der Waals surface area contributed by atoms with Crippen LogP contribution in [0.25, 0.3) is 22.4 Å². The average molecular weight is 272 g/mol. The van der Waals surface area contributed by atoms with E-state index in [-0.39, 0.29) is 17.1 Å². The van der Waals surface area contributed by atoms with Crippen molar-refractivity contribution in [1.29, 1.82) is 0 Å². The van der Waals surface area contributed by atoms with Crippen molar-refractivity contribution in [3.8, 4) is 22.9 Å². The molecule has 102 valence electrons. The predicted molar refractivity (Wildman–Crippen MR) is 74.3 cm³/mol. The topological polar surface area (TPSA) is 47.3 Å². The van der Waals surface area contributed by atoms with Crippen LogP contribution >= 0.6 is 0 Å². The van der Waals surface area contributed by atoms with Crippen LogP contribution in [0.15, 0.2) is 36.4 Å². The van der Waals surface area contributed by atoms with Crippen LogP contribution in [-0.2, 0) is 7.05 Å². The number of hydrogen-bond acceptors (Lipinski definition) is 3. The van der Waals surface area contributed by atoms with E-state index in [1.165, 1.54) is 12.1 Å². The number of benzene rings is 2. The first-order valence-corrected chi connectivity index (χ1v) is 6.10. The summed E-state index contributed by atoms with van der Waals surface area (Å²) < 4.78 is 20.7. The van der Waals surface area contributed by atoms with Gasteiger partial charge in [-0.05, 0) is 30.3 Å². The number of para-hydroxylation sites is 1. The summed E-state index contributed by atoms with van der Waals surface area (Å²) >= 11 is 0. The van der Waals surface area contributed by atoms with Crippen LogP contribution in [0.2, 0.25) is 0 Å². The average Bonchev–Trinajstić information content (AvgIpc) is 2.79. The quantitative estimate of drug-likeness (QED) is 0.779. The summed E-state index contributed by atoms with van der Waals surface area (Å²) in [5, 5.41) is 10.0. The maximum absolute atomic E-state index is 13.8. The number of halogens is 1. The van der Waals surface area contributed by atoms with Crippen molar-refractivity contribution < 1.29 is 14.2 Å². The van der Waals surface area contributed by atoms with Gasteiger partial charge in [0.25, 0.3) is 0 Å². The Balaban J connectivity index is 2.30. The lowest BCUT2D eigenvalue weighted by molar-refractivity contribution is 0.412. The second-order valence-corrected chi connectivity index (χ2v) is 4.49. The molecule has 0 spiro atoms. The van der Waals surface area contributed by atoms with Crippen LogP contribution in [-0.4, -0.2) is 21.8 Å². The second-order valence-electron chi connectivity index (χ2n) is 4.49. The number of fused-ring (bicyclic) bond motifs is 1. The molecule has 0 bridgehead atoms. The van der Waals surface area contributed by atoms with Crippen LogP contribution < -0.4 is 4.74 Å². The number of aryl methyl sites for hydroxylation is 1. The highest BCUT2D eigenvalue weighted by Gasteiger charge is 2.16. The first kappa shape index (κ1) is 12.5. The van der Waals surface area contributed by atoms with Crippen molar-refractivity contribution in [3.05, 3.63) is 42.2 Å². The maximum Gasteiger partial charge on any atom is 0.151 e. The third-order valence-corrected chi connectivity index (χ3v) is 3.31. The highest BCUT2D eigenvalue weighted by molar-refractivity contribution is 5.82. The number of imidazole rings is 1. The molecule has 20 heavy (non-hydrogen) atoms. The van der Waals surface area contributed by atoms with Gasteiger partial charge in [-0.3, -0.25) is 0 Å². The van der Waals surface area contributed by atoms with Gasteiger partial charge in [0.2, 0.25) is 0 Å². The van der Waals surface area contributed by atoms with E-state index in [0.717, 1.165) is 0 Å². The lowest BCUT2D eigenvalue weighted by Crippen LogP contribution is -1.93. The number of phenolic OH excluding ortho intramolecular Hbond substituents is 1. The SMILES string of the molecule is COc1ccc(O)c(-c2nc3c(F)cccc3n2C)c1. The van der Waals surface area contributed by atoms with Gasteiger partial charge in [-0.1, -0.05) is 6.07 Å². The van der Waals surface area contributed by atoms with E-state index < -0.39 is 0 Å². The molecule has 3 aromatic rings. The molecule has 2 aromatic carbocycles. The molecule has 0 fully saturated rings. The lowest BCUT2D eigenvalue weighted by atomic mass is 10.2. The largest absolute Gasteiger partial charge is 0.507 e. The van der Waals surface area contributed by atoms with Gasteiger partial charge < -0.3 is 14.4 Å². The molecular weight excluding hydrogens is 259 g/mol. The van der Waals surface area contributed by atoms with Crippen LogP contribution in [0, 0.1) is 5.82 Å². The zero-order valence-corrected chi connectivity index (χ0v) is 11.1. The zero-order valence-electron chi connectivity index (χ0n) is 11.1. The summed E-state index contributed by atoms with van der Waals surface area (Å²) in [6, 6.07) is 9.64. The third kappa shape index (κ3) is 1.79. The Bertz CT molecular complexity index is 796. The number of aromatic nitrogens is 2. The molecule has 1 aromatic heterocycles. The van der Waals surface area contributed by atoms with Crippen LogP contribution in [0.3, 0.4) is 0 Å². The Morgan fingerprint density at radius 1 is 1.25 bits per heavy atom. The van der Waals surface area contributed by atoms with Crippen LogP contribution in [0.1, 0.15) is 0 Å². The van der Waals surface area contributed by atoms with Gasteiger partial charge in [-0.2, -0.15) is 0 Å². The predicted octanol–water partition coefficient (Wildman–Crippen LogP) is 3.09. The third-order valence-electron chi connectivity index (χ3n) is 3.31. The minimum Gasteiger partial charge on any atom is -0.507 e. The molecule has 1 heterocycles. The number of aromatic hydroxyl groups is 1. The normalized spacial score (nSPS) is 10.9. The fraction of sp³-hybridized carbons (Fsp3) is 0.133. The molecule has 0 radical (unpaired) electrons. The molecular formula is C15H13FN2O2. The molecule has 3 rings (SSSR count).